The van der Waals surface area contributed by atoms with Crippen LogP contribution in [-0.2, 0) is 11.2 Å². The zero-order chi connectivity index (χ0) is 15.5. The molecule has 3 aromatic rings. The number of aliphatic carboxylic acids is 1. The number of carboxylic acid groups (broad SMARTS) is 1. The topological polar surface area (TPSA) is 90.9 Å². The summed E-state index contributed by atoms with van der Waals surface area (Å²) in [4.78, 5) is 23.0. The Labute approximate surface area is 127 Å². The first-order valence-corrected chi connectivity index (χ1v) is 6.97. The van der Waals surface area contributed by atoms with Crippen molar-refractivity contribution in [1.82, 2.24) is 15.0 Å². The van der Waals surface area contributed by atoms with Gasteiger partial charge in [0, 0.05) is 12.1 Å². The summed E-state index contributed by atoms with van der Waals surface area (Å²) in [6.45, 7) is 1.92. The Kier molecular flexibility index (Phi) is 3.74. The molecular weight excluding hydrogens is 280 g/mol. The van der Waals surface area contributed by atoms with Gasteiger partial charge in [0.25, 0.3) is 0 Å². The number of benzene rings is 1. The van der Waals surface area contributed by atoms with E-state index in [0.29, 0.717) is 17.9 Å². The van der Waals surface area contributed by atoms with Crippen molar-refractivity contribution in [1.29, 1.82) is 0 Å². The van der Waals surface area contributed by atoms with Gasteiger partial charge in [0.1, 0.15) is 23.8 Å². The molecule has 2 heterocycles. The third-order valence-corrected chi connectivity index (χ3v) is 3.45. The average molecular weight is 296 g/mol. The number of carbonyl (C=O) groups is 1. The molecular formula is C16H16N4O2. The van der Waals surface area contributed by atoms with Crippen molar-refractivity contribution in [3.63, 3.8) is 0 Å². The van der Waals surface area contributed by atoms with Crippen molar-refractivity contribution in [2.24, 2.45) is 0 Å². The molecule has 0 aliphatic heterocycles. The molecule has 0 bridgehead atoms. The number of hydrogen-bond acceptors (Lipinski definition) is 4. The van der Waals surface area contributed by atoms with E-state index in [2.05, 4.69) is 20.3 Å². The summed E-state index contributed by atoms with van der Waals surface area (Å²) in [5.74, 6) is -0.388. The number of carboxylic acids is 1. The maximum Gasteiger partial charge on any atom is 0.326 e. The Morgan fingerprint density at radius 2 is 2.09 bits per heavy atom. The first kappa shape index (κ1) is 14.1. The van der Waals surface area contributed by atoms with Crippen molar-refractivity contribution in [2.45, 2.75) is 19.4 Å². The molecule has 0 amide bonds. The number of aryl methyl sites for hydroxylation is 1. The van der Waals surface area contributed by atoms with Crippen LogP contribution in [0.4, 0.5) is 5.82 Å². The van der Waals surface area contributed by atoms with E-state index in [1.54, 1.807) is 0 Å². The van der Waals surface area contributed by atoms with Crippen LogP contribution in [0.15, 0.2) is 42.7 Å². The van der Waals surface area contributed by atoms with E-state index in [4.69, 9.17) is 0 Å². The number of nitrogens with one attached hydrogen (secondary N) is 2. The molecule has 3 rings (SSSR count). The zero-order valence-corrected chi connectivity index (χ0v) is 12.1. The number of nitrogens with zero attached hydrogens (tertiary/aromatic N) is 2. The maximum absolute atomic E-state index is 11.5. The van der Waals surface area contributed by atoms with Crippen molar-refractivity contribution in [3.8, 4) is 0 Å². The molecule has 6 nitrogen and oxygen atoms in total. The number of fused-ring (bicyclic) bond motifs is 1. The SMILES string of the molecule is Cc1cc2c(NC(Cc3ccccc3)C(=O)O)ncnc2[nH]1. The van der Waals surface area contributed by atoms with Crippen LogP contribution in [0, 0.1) is 6.92 Å². The Bertz CT molecular complexity index is 798. The van der Waals surface area contributed by atoms with Gasteiger partial charge in [-0.25, -0.2) is 14.8 Å². The molecule has 112 valence electrons. The van der Waals surface area contributed by atoms with E-state index in [1.807, 2.05) is 43.3 Å². The number of H-pyrrole nitrogens is 1. The van der Waals surface area contributed by atoms with E-state index in [9.17, 15) is 9.90 Å². The van der Waals surface area contributed by atoms with Crippen molar-refractivity contribution >= 4 is 22.8 Å². The minimum atomic E-state index is -0.914. The van der Waals surface area contributed by atoms with Crippen molar-refractivity contribution < 1.29 is 9.90 Å². The molecule has 6 heteroatoms. The normalized spacial score (nSPS) is 12.2. The third kappa shape index (κ3) is 2.90. The maximum atomic E-state index is 11.5. The minimum Gasteiger partial charge on any atom is -0.480 e. The second-order valence-electron chi connectivity index (χ2n) is 5.16. The van der Waals surface area contributed by atoms with E-state index in [0.717, 1.165) is 16.6 Å². The van der Waals surface area contributed by atoms with Gasteiger partial charge in [-0.2, -0.15) is 0 Å². The summed E-state index contributed by atoms with van der Waals surface area (Å²) in [7, 11) is 0. The van der Waals surface area contributed by atoms with Gasteiger partial charge in [-0.15, -0.1) is 0 Å². The van der Waals surface area contributed by atoms with E-state index >= 15 is 0 Å². The summed E-state index contributed by atoms with van der Waals surface area (Å²) in [5, 5.41) is 13.3. The first-order valence-electron chi connectivity index (χ1n) is 6.97. The molecule has 1 aromatic carbocycles. The molecule has 0 saturated carbocycles. The Balaban J connectivity index is 1.88. The van der Waals surface area contributed by atoms with Crippen molar-refractivity contribution in [2.75, 3.05) is 5.32 Å². The number of anilines is 1. The molecule has 0 aliphatic rings. The van der Waals surface area contributed by atoms with Gasteiger partial charge in [0.15, 0.2) is 0 Å². The number of aromatic amines is 1. The van der Waals surface area contributed by atoms with Crippen LogP contribution in [0.1, 0.15) is 11.3 Å². The van der Waals surface area contributed by atoms with Crippen LogP contribution in [-0.4, -0.2) is 32.1 Å². The van der Waals surface area contributed by atoms with Gasteiger partial charge in [0.2, 0.25) is 0 Å². The van der Waals surface area contributed by atoms with Crippen LogP contribution in [0.25, 0.3) is 11.0 Å². The molecule has 0 spiro atoms. The van der Waals surface area contributed by atoms with E-state index < -0.39 is 12.0 Å². The van der Waals surface area contributed by atoms with Crippen LogP contribution in [0.2, 0.25) is 0 Å². The lowest BCUT2D eigenvalue weighted by Crippen LogP contribution is -2.32. The zero-order valence-electron chi connectivity index (χ0n) is 12.1. The van der Waals surface area contributed by atoms with Crippen LogP contribution >= 0.6 is 0 Å². The highest BCUT2D eigenvalue weighted by atomic mass is 16.4. The number of aromatic nitrogens is 3. The lowest BCUT2D eigenvalue weighted by atomic mass is 10.1. The molecule has 1 atom stereocenters. The molecule has 3 N–H and O–H groups in total. The molecule has 0 radical (unpaired) electrons. The quantitative estimate of drug-likeness (QED) is 0.672. The fourth-order valence-electron chi connectivity index (χ4n) is 2.40. The Hall–Kier alpha value is -2.89. The average Bonchev–Trinajstić information content (AvgIpc) is 2.89. The van der Waals surface area contributed by atoms with Gasteiger partial charge in [-0.1, -0.05) is 30.3 Å². The Morgan fingerprint density at radius 3 is 2.82 bits per heavy atom. The van der Waals surface area contributed by atoms with Gasteiger partial charge in [-0.05, 0) is 18.6 Å². The van der Waals surface area contributed by atoms with Gasteiger partial charge in [-0.3, -0.25) is 0 Å². The fourth-order valence-corrected chi connectivity index (χ4v) is 2.40. The molecule has 1 unspecified atom stereocenters. The summed E-state index contributed by atoms with van der Waals surface area (Å²) in [6.07, 6.45) is 1.80. The Morgan fingerprint density at radius 1 is 1.32 bits per heavy atom. The predicted octanol–water partition coefficient (Wildman–Crippen LogP) is 2.37. The lowest BCUT2D eigenvalue weighted by Gasteiger charge is -2.15. The van der Waals surface area contributed by atoms with E-state index in [-0.39, 0.29) is 0 Å². The molecule has 2 aromatic heterocycles. The summed E-state index contributed by atoms with van der Waals surface area (Å²) in [6, 6.07) is 10.7. The van der Waals surface area contributed by atoms with Crippen LogP contribution < -0.4 is 5.32 Å². The molecule has 22 heavy (non-hydrogen) atoms. The predicted molar refractivity (Wildman–Crippen MR) is 83.8 cm³/mol. The molecule has 0 saturated heterocycles. The van der Waals surface area contributed by atoms with E-state index in [1.165, 1.54) is 6.33 Å². The second kappa shape index (κ2) is 5.85. The summed E-state index contributed by atoms with van der Waals surface area (Å²) < 4.78 is 0. The highest BCUT2D eigenvalue weighted by molar-refractivity contribution is 5.89. The highest BCUT2D eigenvalue weighted by Gasteiger charge is 2.19. The van der Waals surface area contributed by atoms with Crippen LogP contribution in [0.3, 0.4) is 0 Å². The molecule has 0 fully saturated rings. The largest absolute Gasteiger partial charge is 0.480 e. The van der Waals surface area contributed by atoms with Crippen molar-refractivity contribution in [3.05, 3.63) is 54.0 Å². The minimum absolute atomic E-state index is 0.380. The van der Waals surface area contributed by atoms with Gasteiger partial charge < -0.3 is 15.4 Å². The lowest BCUT2D eigenvalue weighted by molar-refractivity contribution is -0.137. The van der Waals surface area contributed by atoms with Gasteiger partial charge in [0.05, 0.1) is 5.39 Å². The fraction of sp³-hybridized carbons (Fsp3) is 0.188. The monoisotopic (exact) mass is 296 g/mol. The smallest absolute Gasteiger partial charge is 0.326 e. The number of rotatable bonds is 5. The second-order valence-corrected chi connectivity index (χ2v) is 5.16. The standard InChI is InChI=1S/C16H16N4O2/c1-10-7-12-14(19-10)17-9-18-15(12)20-13(16(21)22)8-11-5-3-2-4-6-11/h2-7,9,13H,8H2,1H3,(H,21,22)(H2,17,18,19,20). The number of hydrogen-bond donors (Lipinski definition) is 3. The highest BCUT2D eigenvalue weighted by Crippen LogP contribution is 2.21. The summed E-state index contributed by atoms with van der Waals surface area (Å²) in [5.41, 5.74) is 2.60. The van der Waals surface area contributed by atoms with Crippen LogP contribution in [0.5, 0.6) is 0 Å². The molecule has 0 aliphatic carbocycles. The third-order valence-electron chi connectivity index (χ3n) is 3.45. The first-order chi connectivity index (χ1) is 10.6. The van der Waals surface area contributed by atoms with Gasteiger partial charge >= 0.3 is 5.97 Å². The summed E-state index contributed by atoms with van der Waals surface area (Å²) >= 11 is 0.